The minimum Gasteiger partial charge on any atom is -0.466 e. The highest BCUT2D eigenvalue weighted by Gasteiger charge is 2.21. The molecule has 0 aliphatic rings. The molecule has 0 aromatic carbocycles. The molecule has 0 saturated heterocycles. The van der Waals surface area contributed by atoms with Crippen LogP contribution in [0.2, 0.25) is 0 Å². The van der Waals surface area contributed by atoms with Crippen molar-refractivity contribution in [2.24, 2.45) is 0 Å². The Morgan fingerprint density at radius 3 is 1.36 bits per heavy atom. The summed E-state index contributed by atoms with van der Waals surface area (Å²) in [6.07, 6.45) is 27.6. The summed E-state index contributed by atoms with van der Waals surface area (Å²) in [6.45, 7) is 14.8. The number of unbranched alkanes of at least 4 members (excludes halogenated alkanes) is 18. The van der Waals surface area contributed by atoms with E-state index in [0.29, 0.717) is 13.2 Å². The van der Waals surface area contributed by atoms with Crippen molar-refractivity contribution < 1.29 is 28.6 Å². The standard InChI is InChI=1S/C42H82N2O6/c1-6-11-14-17-20-21-22-25-28-37-48-40(45)32-35-44(42(47)49-38-29-34-43(9-4)10-5)36-33-41(46)50-39(30-26-23-18-15-12-7-2)31-27-24-19-16-13-8-3/h39H,6-38H2,1-5H3. The largest absolute Gasteiger partial charge is 0.466 e. The maximum atomic E-state index is 13.1. The molecule has 0 aliphatic carbocycles. The number of esters is 2. The number of ether oxygens (including phenoxy) is 3. The molecule has 296 valence electrons. The fourth-order valence-corrected chi connectivity index (χ4v) is 6.31. The summed E-state index contributed by atoms with van der Waals surface area (Å²) in [7, 11) is 0. The highest BCUT2D eigenvalue weighted by Crippen LogP contribution is 2.18. The first-order valence-corrected chi connectivity index (χ1v) is 21.4. The number of carbonyl (C=O) groups is 3. The molecule has 0 bridgehead atoms. The highest BCUT2D eigenvalue weighted by atomic mass is 16.6. The Bertz CT molecular complexity index is 759. The summed E-state index contributed by atoms with van der Waals surface area (Å²) in [5, 5.41) is 0. The van der Waals surface area contributed by atoms with E-state index in [4.69, 9.17) is 14.2 Å². The summed E-state index contributed by atoms with van der Waals surface area (Å²) in [5.74, 6) is -0.594. The number of amides is 1. The SMILES string of the molecule is CCCCCCCCCCCOC(=O)CCN(CCC(=O)OC(CCCCCCCC)CCCCCCCC)C(=O)OCCCN(CC)CC. The molecule has 0 aliphatic heterocycles. The van der Waals surface area contributed by atoms with Crippen molar-refractivity contribution in [2.75, 3.05) is 45.9 Å². The van der Waals surface area contributed by atoms with Crippen molar-refractivity contribution in [3.63, 3.8) is 0 Å². The Hall–Kier alpha value is -1.83. The number of hydrogen-bond acceptors (Lipinski definition) is 7. The molecular weight excluding hydrogens is 628 g/mol. The fraction of sp³-hybridized carbons (Fsp3) is 0.929. The van der Waals surface area contributed by atoms with Gasteiger partial charge in [-0.2, -0.15) is 0 Å². The predicted octanol–water partition coefficient (Wildman–Crippen LogP) is 11.4. The third kappa shape index (κ3) is 30.9. The highest BCUT2D eigenvalue weighted by molar-refractivity contribution is 5.73. The zero-order valence-corrected chi connectivity index (χ0v) is 33.8. The van der Waals surface area contributed by atoms with Crippen LogP contribution in [0.1, 0.15) is 202 Å². The number of hydrogen-bond donors (Lipinski definition) is 0. The first kappa shape index (κ1) is 48.2. The van der Waals surface area contributed by atoms with Crippen LogP contribution in [0.3, 0.4) is 0 Å². The topological polar surface area (TPSA) is 85.4 Å². The van der Waals surface area contributed by atoms with Crippen LogP contribution in [0, 0.1) is 0 Å². The van der Waals surface area contributed by atoms with Gasteiger partial charge in [-0.15, -0.1) is 0 Å². The van der Waals surface area contributed by atoms with Crippen LogP contribution in [0.25, 0.3) is 0 Å². The van der Waals surface area contributed by atoms with E-state index < -0.39 is 6.09 Å². The second-order valence-corrected chi connectivity index (χ2v) is 14.3. The van der Waals surface area contributed by atoms with E-state index in [1.54, 1.807) is 0 Å². The van der Waals surface area contributed by atoms with Crippen molar-refractivity contribution >= 4 is 18.0 Å². The van der Waals surface area contributed by atoms with Crippen LogP contribution in [0.4, 0.5) is 4.79 Å². The zero-order chi connectivity index (χ0) is 36.9. The van der Waals surface area contributed by atoms with Gasteiger partial charge in [-0.25, -0.2) is 4.79 Å². The maximum absolute atomic E-state index is 13.1. The molecule has 0 N–H and O–H groups in total. The molecule has 0 saturated carbocycles. The van der Waals surface area contributed by atoms with Gasteiger partial charge in [0.15, 0.2) is 0 Å². The van der Waals surface area contributed by atoms with E-state index in [2.05, 4.69) is 39.5 Å². The molecule has 0 heterocycles. The average molecular weight is 711 g/mol. The van der Waals surface area contributed by atoms with Crippen molar-refractivity contribution in [1.82, 2.24) is 9.80 Å². The summed E-state index contributed by atoms with van der Waals surface area (Å²) in [4.78, 5) is 42.5. The van der Waals surface area contributed by atoms with Crippen LogP contribution >= 0.6 is 0 Å². The normalized spacial score (nSPS) is 11.3. The number of carbonyl (C=O) groups excluding carboxylic acids is 3. The molecular formula is C42H82N2O6. The van der Waals surface area contributed by atoms with E-state index in [1.165, 1.54) is 114 Å². The number of nitrogens with zero attached hydrogens (tertiary/aromatic N) is 2. The van der Waals surface area contributed by atoms with Gasteiger partial charge < -0.3 is 24.0 Å². The van der Waals surface area contributed by atoms with Crippen molar-refractivity contribution in [2.45, 2.75) is 208 Å². The Kier molecular flexibility index (Phi) is 35.6. The van der Waals surface area contributed by atoms with Gasteiger partial charge in [-0.1, -0.05) is 150 Å². The third-order valence-corrected chi connectivity index (χ3v) is 9.74. The van der Waals surface area contributed by atoms with Gasteiger partial charge in [0.25, 0.3) is 0 Å². The van der Waals surface area contributed by atoms with E-state index in [1.807, 2.05) is 0 Å². The molecule has 0 aromatic heterocycles. The molecule has 1 amide bonds. The van der Waals surface area contributed by atoms with Gasteiger partial charge in [0.05, 0.1) is 26.1 Å². The summed E-state index contributed by atoms with van der Waals surface area (Å²) < 4.78 is 17.1. The average Bonchev–Trinajstić information content (AvgIpc) is 3.11. The lowest BCUT2D eigenvalue weighted by Crippen LogP contribution is -2.36. The molecule has 0 atom stereocenters. The Morgan fingerprint density at radius 1 is 0.460 bits per heavy atom. The quantitative estimate of drug-likeness (QED) is 0.0360. The van der Waals surface area contributed by atoms with Crippen molar-refractivity contribution in [3.8, 4) is 0 Å². The second-order valence-electron chi connectivity index (χ2n) is 14.3. The van der Waals surface area contributed by atoms with Gasteiger partial charge >= 0.3 is 18.0 Å². The molecule has 0 unspecified atom stereocenters. The Labute approximate surface area is 309 Å². The molecule has 8 heteroatoms. The van der Waals surface area contributed by atoms with Crippen molar-refractivity contribution in [1.29, 1.82) is 0 Å². The van der Waals surface area contributed by atoms with Gasteiger partial charge in [-0.3, -0.25) is 9.59 Å². The molecule has 50 heavy (non-hydrogen) atoms. The monoisotopic (exact) mass is 711 g/mol. The molecule has 0 aromatic rings. The molecule has 0 rings (SSSR count). The van der Waals surface area contributed by atoms with E-state index in [0.717, 1.165) is 64.6 Å². The summed E-state index contributed by atoms with van der Waals surface area (Å²) in [6, 6.07) is 0. The molecule has 0 spiro atoms. The zero-order valence-electron chi connectivity index (χ0n) is 33.8. The van der Waals surface area contributed by atoms with Gasteiger partial charge in [0.1, 0.15) is 6.10 Å². The van der Waals surface area contributed by atoms with Crippen LogP contribution in [-0.2, 0) is 23.8 Å². The molecule has 8 nitrogen and oxygen atoms in total. The van der Waals surface area contributed by atoms with Crippen LogP contribution in [0.5, 0.6) is 0 Å². The second kappa shape index (κ2) is 36.9. The third-order valence-electron chi connectivity index (χ3n) is 9.74. The van der Waals surface area contributed by atoms with E-state index >= 15 is 0 Å². The Morgan fingerprint density at radius 2 is 0.880 bits per heavy atom. The lowest BCUT2D eigenvalue weighted by molar-refractivity contribution is -0.150. The lowest BCUT2D eigenvalue weighted by atomic mass is 10.0. The number of rotatable bonds is 37. The van der Waals surface area contributed by atoms with Crippen LogP contribution in [-0.4, -0.2) is 79.9 Å². The smallest absolute Gasteiger partial charge is 0.409 e. The Balaban J connectivity index is 4.91. The van der Waals surface area contributed by atoms with Gasteiger partial charge in [0, 0.05) is 19.6 Å². The van der Waals surface area contributed by atoms with Gasteiger partial charge in [0.2, 0.25) is 0 Å². The van der Waals surface area contributed by atoms with E-state index in [-0.39, 0.29) is 44.0 Å². The van der Waals surface area contributed by atoms with Crippen LogP contribution in [0.15, 0.2) is 0 Å². The van der Waals surface area contributed by atoms with Gasteiger partial charge in [-0.05, 0) is 51.6 Å². The lowest BCUT2D eigenvalue weighted by Gasteiger charge is -2.23. The van der Waals surface area contributed by atoms with Crippen molar-refractivity contribution in [3.05, 3.63) is 0 Å². The fourth-order valence-electron chi connectivity index (χ4n) is 6.31. The minimum atomic E-state index is -0.486. The summed E-state index contributed by atoms with van der Waals surface area (Å²) >= 11 is 0. The maximum Gasteiger partial charge on any atom is 0.409 e. The minimum absolute atomic E-state index is 0.0728. The summed E-state index contributed by atoms with van der Waals surface area (Å²) in [5.41, 5.74) is 0. The molecule has 0 radical (unpaired) electrons. The first-order chi connectivity index (χ1) is 24.4. The van der Waals surface area contributed by atoms with Crippen LogP contribution < -0.4 is 0 Å². The predicted molar refractivity (Wildman–Crippen MR) is 209 cm³/mol. The first-order valence-electron chi connectivity index (χ1n) is 21.4. The molecule has 0 fully saturated rings. The van der Waals surface area contributed by atoms with E-state index in [9.17, 15) is 14.4 Å².